The van der Waals surface area contributed by atoms with E-state index >= 15 is 0 Å². The average Bonchev–Trinajstić information content (AvgIpc) is 3.47. The normalized spacial score (nSPS) is 15.1. The van der Waals surface area contributed by atoms with Crippen molar-refractivity contribution < 1.29 is 23.4 Å². The topological polar surface area (TPSA) is 72.6 Å². The van der Waals surface area contributed by atoms with E-state index in [1.165, 1.54) is 12.1 Å². The molecular formula is C24H27FN2O4. The van der Waals surface area contributed by atoms with E-state index in [4.69, 9.17) is 14.2 Å². The number of carbonyl (C=O) groups is 1. The highest BCUT2D eigenvalue weighted by molar-refractivity contribution is 6.02. The second-order valence-electron chi connectivity index (χ2n) is 7.83. The van der Waals surface area contributed by atoms with E-state index < -0.39 is 0 Å². The predicted octanol–water partition coefficient (Wildman–Crippen LogP) is 4.99. The maximum Gasteiger partial charge on any atom is 0.268 e. The summed E-state index contributed by atoms with van der Waals surface area (Å²) in [6, 6.07) is 9.68. The summed E-state index contributed by atoms with van der Waals surface area (Å²) in [5.74, 6) is 1.39. The summed E-state index contributed by atoms with van der Waals surface area (Å²) in [6.45, 7) is 0. The highest BCUT2D eigenvalue weighted by atomic mass is 19.1. The Morgan fingerprint density at radius 3 is 2.32 bits per heavy atom. The molecule has 1 aliphatic rings. The van der Waals surface area contributed by atoms with Gasteiger partial charge in [0, 0.05) is 11.5 Å². The average molecular weight is 426 g/mol. The van der Waals surface area contributed by atoms with E-state index in [-0.39, 0.29) is 17.8 Å². The van der Waals surface area contributed by atoms with Gasteiger partial charge in [-0.3, -0.25) is 4.79 Å². The Labute approximate surface area is 180 Å². The van der Waals surface area contributed by atoms with Gasteiger partial charge in [0.1, 0.15) is 17.3 Å². The molecule has 1 atom stereocenters. The van der Waals surface area contributed by atoms with Crippen LogP contribution >= 0.6 is 0 Å². The Hall–Kier alpha value is -3.22. The summed E-state index contributed by atoms with van der Waals surface area (Å²) in [7, 11) is 4.67. The molecule has 2 N–H and O–H groups in total. The first kappa shape index (κ1) is 21.0. The number of ether oxygens (including phenoxy) is 3. The van der Waals surface area contributed by atoms with Gasteiger partial charge < -0.3 is 24.5 Å². The van der Waals surface area contributed by atoms with E-state index in [1.807, 2.05) is 0 Å². The number of carbonyl (C=O) groups excluding carboxylic acids is 1. The maximum atomic E-state index is 13.5. The smallest absolute Gasteiger partial charge is 0.268 e. The Morgan fingerprint density at radius 2 is 1.71 bits per heavy atom. The molecule has 0 radical (unpaired) electrons. The zero-order valence-corrected chi connectivity index (χ0v) is 18.0. The lowest BCUT2D eigenvalue weighted by Gasteiger charge is -2.25. The molecule has 1 aromatic heterocycles. The number of aromatic amines is 1. The summed E-state index contributed by atoms with van der Waals surface area (Å²) >= 11 is 0. The number of benzene rings is 2. The summed E-state index contributed by atoms with van der Waals surface area (Å²) in [5.41, 5.74) is 1.93. The van der Waals surface area contributed by atoms with Crippen LogP contribution in [0, 0.1) is 11.7 Å². The van der Waals surface area contributed by atoms with Crippen LogP contribution in [-0.2, 0) is 0 Å². The molecule has 0 bridgehead atoms. The number of hydrogen-bond donors (Lipinski definition) is 2. The van der Waals surface area contributed by atoms with Gasteiger partial charge in [-0.1, -0.05) is 25.0 Å². The summed E-state index contributed by atoms with van der Waals surface area (Å²) in [4.78, 5) is 16.4. The molecule has 1 amide bonds. The fraction of sp³-hybridized carbons (Fsp3) is 0.375. The zero-order valence-electron chi connectivity index (χ0n) is 18.0. The van der Waals surface area contributed by atoms with Gasteiger partial charge in [0.15, 0.2) is 11.5 Å². The van der Waals surface area contributed by atoms with Crippen LogP contribution in [0.5, 0.6) is 17.2 Å². The molecule has 1 aliphatic carbocycles. The summed E-state index contributed by atoms with van der Waals surface area (Å²) < 4.78 is 29.8. The highest BCUT2D eigenvalue weighted by Gasteiger charge is 2.29. The number of H-pyrrole nitrogens is 1. The van der Waals surface area contributed by atoms with Crippen LogP contribution in [0.1, 0.15) is 47.8 Å². The Kier molecular flexibility index (Phi) is 6.02. The minimum atomic E-state index is -0.288. The molecule has 1 saturated carbocycles. The van der Waals surface area contributed by atoms with E-state index in [2.05, 4.69) is 10.3 Å². The van der Waals surface area contributed by atoms with Gasteiger partial charge in [-0.25, -0.2) is 4.39 Å². The summed E-state index contributed by atoms with van der Waals surface area (Å²) in [6.07, 6.45) is 4.35. The van der Waals surface area contributed by atoms with Crippen molar-refractivity contribution in [1.82, 2.24) is 10.3 Å². The first-order chi connectivity index (χ1) is 15.0. The third-order valence-electron chi connectivity index (χ3n) is 6.07. The Bertz CT molecular complexity index is 1070. The van der Waals surface area contributed by atoms with Gasteiger partial charge in [0.25, 0.3) is 5.91 Å². The largest absolute Gasteiger partial charge is 0.496 e. The third-order valence-corrected chi connectivity index (χ3v) is 6.07. The van der Waals surface area contributed by atoms with E-state index in [0.717, 1.165) is 36.6 Å². The predicted molar refractivity (Wildman–Crippen MR) is 117 cm³/mol. The minimum absolute atomic E-state index is 0.180. The van der Waals surface area contributed by atoms with Crippen molar-refractivity contribution in [2.75, 3.05) is 21.3 Å². The molecule has 4 rings (SSSR count). The lowest BCUT2D eigenvalue weighted by molar-refractivity contribution is 0.0917. The van der Waals surface area contributed by atoms with Gasteiger partial charge in [-0.2, -0.15) is 0 Å². The fourth-order valence-corrected chi connectivity index (χ4v) is 4.51. The number of halogens is 1. The molecule has 3 aromatic rings. The number of amides is 1. The minimum Gasteiger partial charge on any atom is -0.496 e. The number of nitrogens with one attached hydrogen (secondary N) is 2. The molecule has 1 unspecified atom stereocenters. The summed E-state index contributed by atoms with van der Waals surface area (Å²) in [5, 5.41) is 3.90. The molecule has 1 heterocycles. The van der Waals surface area contributed by atoms with Crippen molar-refractivity contribution in [1.29, 1.82) is 0 Å². The van der Waals surface area contributed by atoms with E-state index in [0.29, 0.717) is 34.4 Å². The fourth-order valence-electron chi connectivity index (χ4n) is 4.51. The van der Waals surface area contributed by atoms with E-state index in [9.17, 15) is 9.18 Å². The lowest BCUT2D eigenvalue weighted by Crippen LogP contribution is -2.33. The number of fused-ring (bicyclic) bond motifs is 1. The van der Waals surface area contributed by atoms with E-state index in [1.54, 1.807) is 45.6 Å². The van der Waals surface area contributed by atoms with Crippen molar-refractivity contribution in [2.24, 2.45) is 5.92 Å². The lowest BCUT2D eigenvalue weighted by atomic mass is 9.91. The van der Waals surface area contributed by atoms with Crippen LogP contribution in [0.25, 0.3) is 10.9 Å². The van der Waals surface area contributed by atoms with Gasteiger partial charge in [-0.05, 0) is 42.5 Å². The molecule has 0 aliphatic heterocycles. The molecule has 0 spiro atoms. The van der Waals surface area contributed by atoms with Crippen LogP contribution in [0.4, 0.5) is 4.39 Å². The maximum absolute atomic E-state index is 13.5. The molecule has 2 aromatic carbocycles. The van der Waals surface area contributed by atoms with Crippen LogP contribution < -0.4 is 19.5 Å². The number of hydrogen-bond acceptors (Lipinski definition) is 4. The van der Waals surface area contributed by atoms with Crippen LogP contribution in [-0.4, -0.2) is 32.2 Å². The first-order valence-corrected chi connectivity index (χ1v) is 10.4. The van der Waals surface area contributed by atoms with Crippen LogP contribution in [0.15, 0.2) is 36.4 Å². The van der Waals surface area contributed by atoms with Crippen molar-refractivity contribution in [3.05, 3.63) is 53.5 Å². The van der Waals surface area contributed by atoms with Gasteiger partial charge in [-0.15, -0.1) is 0 Å². The van der Waals surface area contributed by atoms with Gasteiger partial charge >= 0.3 is 0 Å². The Morgan fingerprint density at radius 1 is 1.03 bits per heavy atom. The molecule has 164 valence electrons. The third kappa shape index (κ3) is 4.04. The Balaban J connectivity index is 1.69. The number of aromatic nitrogens is 1. The van der Waals surface area contributed by atoms with Crippen molar-refractivity contribution >= 4 is 16.8 Å². The molecule has 0 saturated heterocycles. The second-order valence-corrected chi connectivity index (χ2v) is 7.83. The number of methoxy groups -OCH3 is 3. The number of rotatable bonds is 7. The van der Waals surface area contributed by atoms with Gasteiger partial charge in [0.2, 0.25) is 0 Å². The van der Waals surface area contributed by atoms with Gasteiger partial charge in [0.05, 0.1) is 32.9 Å². The molecule has 7 heteroatoms. The highest BCUT2D eigenvalue weighted by Crippen LogP contribution is 2.41. The molecular weight excluding hydrogens is 399 g/mol. The molecule has 6 nitrogen and oxygen atoms in total. The monoisotopic (exact) mass is 426 g/mol. The van der Waals surface area contributed by atoms with Crippen LogP contribution in [0.3, 0.4) is 0 Å². The molecule has 31 heavy (non-hydrogen) atoms. The van der Waals surface area contributed by atoms with Crippen molar-refractivity contribution in [2.45, 2.75) is 31.7 Å². The standard InChI is InChI=1S/C24H27FN2O4/c1-29-19-13-20(30-2)23(31-3)22-17(19)12-18(26-22)24(28)27-21(14-6-4-5-7-14)15-8-10-16(25)11-9-15/h8-14,21,26H,4-7H2,1-3H3,(H,27,28). The van der Waals surface area contributed by atoms with Crippen molar-refractivity contribution in [3.8, 4) is 17.2 Å². The second kappa shape index (κ2) is 8.88. The first-order valence-electron chi connectivity index (χ1n) is 10.4. The van der Waals surface area contributed by atoms with Crippen LogP contribution in [0.2, 0.25) is 0 Å². The zero-order chi connectivity index (χ0) is 22.0. The molecule has 1 fully saturated rings. The van der Waals surface area contributed by atoms with Crippen molar-refractivity contribution in [3.63, 3.8) is 0 Å². The quantitative estimate of drug-likeness (QED) is 0.558. The SMILES string of the molecule is COc1cc(OC)c2cc(C(=O)NC(c3ccc(F)cc3)C3CCCC3)[nH]c2c1OC.